The predicted octanol–water partition coefficient (Wildman–Crippen LogP) is 2.53. The van der Waals surface area contributed by atoms with Gasteiger partial charge in [0.05, 0.1) is 29.3 Å². The molecule has 1 aromatic carbocycles. The van der Waals surface area contributed by atoms with Gasteiger partial charge in [0, 0.05) is 18.9 Å². The highest BCUT2D eigenvalue weighted by molar-refractivity contribution is 5.54. The van der Waals surface area contributed by atoms with Crippen LogP contribution in [0.2, 0.25) is 0 Å². The molecule has 0 amide bonds. The maximum absolute atomic E-state index is 12.9. The van der Waals surface area contributed by atoms with Crippen LogP contribution in [0, 0.1) is 11.3 Å². The number of ether oxygens (including phenoxy) is 1. The zero-order valence-corrected chi connectivity index (χ0v) is 11.2. The molecule has 7 heteroatoms. The molecule has 0 saturated carbocycles. The highest BCUT2D eigenvalue weighted by Crippen LogP contribution is 2.35. The summed E-state index contributed by atoms with van der Waals surface area (Å²) in [6, 6.07) is 5.00. The molecule has 21 heavy (non-hydrogen) atoms. The molecule has 0 atom stereocenters. The Labute approximate surface area is 120 Å². The second kappa shape index (κ2) is 5.92. The van der Waals surface area contributed by atoms with Crippen molar-refractivity contribution in [2.75, 3.05) is 25.1 Å². The third-order valence-corrected chi connectivity index (χ3v) is 3.61. The van der Waals surface area contributed by atoms with Crippen LogP contribution in [0.25, 0.3) is 0 Å². The largest absolute Gasteiger partial charge is 0.417 e. The van der Waals surface area contributed by atoms with Gasteiger partial charge in [0.25, 0.3) is 0 Å². The molecule has 1 heterocycles. The van der Waals surface area contributed by atoms with Crippen LogP contribution in [-0.2, 0) is 10.9 Å². The van der Waals surface area contributed by atoms with Crippen LogP contribution in [-0.4, -0.2) is 30.5 Å². The zero-order valence-electron chi connectivity index (χ0n) is 11.2. The Morgan fingerprint density at radius 1 is 1.33 bits per heavy atom. The minimum absolute atomic E-state index is 0.197. The summed E-state index contributed by atoms with van der Waals surface area (Å²) in [6.45, 7) is 0.684. The zero-order chi connectivity index (χ0) is 15.5. The highest BCUT2D eigenvalue weighted by atomic mass is 19.4. The van der Waals surface area contributed by atoms with E-state index in [1.54, 1.807) is 0 Å². The smallest absolute Gasteiger partial charge is 0.394 e. The first-order chi connectivity index (χ1) is 9.90. The fraction of sp³-hybridized carbons (Fsp3) is 0.500. The van der Waals surface area contributed by atoms with Gasteiger partial charge in [-0.2, -0.15) is 18.4 Å². The number of rotatable bonds is 3. The minimum Gasteiger partial charge on any atom is -0.394 e. The molecule has 2 N–H and O–H groups in total. The molecule has 1 aliphatic rings. The van der Waals surface area contributed by atoms with Gasteiger partial charge in [0.15, 0.2) is 0 Å². The molecule has 0 aliphatic carbocycles. The van der Waals surface area contributed by atoms with Gasteiger partial charge in [-0.1, -0.05) is 0 Å². The molecular formula is C14H15F3N2O2. The summed E-state index contributed by atoms with van der Waals surface area (Å²) in [7, 11) is 0. The number of aliphatic hydroxyl groups is 1. The van der Waals surface area contributed by atoms with E-state index in [1.165, 1.54) is 12.1 Å². The molecule has 114 valence electrons. The maximum Gasteiger partial charge on any atom is 0.417 e. The summed E-state index contributed by atoms with van der Waals surface area (Å²) in [6.07, 6.45) is -3.58. The molecule has 0 spiro atoms. The van der Waals surface area contributed by atoms with E-state index in [0.717, 1.165) is 12.1 Å². The van der Waals surface area contributed by atoms with Crippen LogP contribution in [0.15, 0.2) is 18.2 Å². The normalized spacial score (nSPS) is 18.0. The Bertz CT molecular complexity index is 546. The molecule has 1 saturated heterocycles. The molecule has 0 radical (unpaired) electrons. The lowest BCUT2D eigenvalue weighted by Crippen LogP contribution is -2.46. The number of aliphatic hydroxyl groups excluding tert-OH is 1. The van der Waals surface area contributed by atoms with E-state index < -0.39 is 22.8 Å². The fourth-order valence-corrected chi connectivity index (χ4v) is 2.34. The van der Waals surface area contributed by atoms with Crippen LogP contribution in [0.3, 0.4) is 0 Å². The topological polar surface area (TPSA) is 65.3 Å². The van der Waals surface area contributed by atoms with Crippen molar-refractivity contribution in [1.29, 1.82) is 5.26 Å². The third-order valence-electron chi connectivity index (χ3n) is 3.61. The van der Waals surface area contributed by atoms with E-state index in [0.29, 0.717) is 26.1 Å². The standard InChI is InChI=1S/C14H15F3N2O2/c15-14(16,17)12-7-11(2-1-10(12)8-18)19-13(9-20)3-5-21-6-4-13/h1-2,7,19-20H,3-6,9H2. The number of halogens is 3. The van der Waals surface area contributed by atoms with Crippen LogP contribution in [0.4, 0.5) is 18.9 Å². The van der Waals surface area contributed by atoms with E-state index in [9.17, 15) is 18.3 Å². The third kappa shape index (κ3) is 3.46. The van der Waals surface area contributed by atoms with Gasteiger partial charge in [-0.25, -0.2) is 0 Å². The lowest BCUT2D eigenvalue weighted by Gasteiger charge is -2.37. The van der Waals surface area contributed by atoms with Gasteiger partial charge in [0.1, 0.15) is 0 Å². The first-order valence-electron chi connectivity index (χ1n) is 6.48. The predicted molar refractivity (Wildman–Crippen MR) is 69.7 cm³/mol. The van der Waals surface area contributed by atoms with Gasteiger partial charge in [0.2, 0.25) is 0 Å². The minimum atomic E-state index is -4.59. The monoisotopic (exact) mass is 300 g/mol. The first-order valence-corrected chi connectivity index (χ1v) is 6.48. The number of anilines is 1. The summed E-state index contributed by atoms with van der Waals surface area (Å²) in [4.78, 5) is 0. The lowest BCUT2D eigenvalue weighted by molar-refractivity contribution is -0.137. The summed E-state index contributed by atoms with van der Waals surface area (Å²) >= 11 is 0. The van der Waals surface area contributed by atoms with Crippen molar-refractivity contribution in [1.82, 2.24) is 0 Å². The van der Waals surface area contributed by atoms with Crippen LogP contribution in [0.1, 0.15) is 24.0 Å². The number of benzene rings is 1. The number of nitrogens with zero attached hydrogens (tertiary/aromatic N) is 1. The summed E-state index contributed by atoms with van der Waals surface area (Å²) < 4.78 is 44.0. The number of hydrogen-bond acceptors (Lipinski definition) is 4. The van der Waals surface area contributed by atoms with Crippen LogP contribution >= 0.6 is 0 Å². The Morgan fingerprint density at radius 2 is 2.00 bits per heavy atom. The van der Waals surface area contributed by atoms with E-state index >= 15 is 0 Å². The number of nitrogens with one attached hydrogen (secondary N) is 1. The average molecular weight is 300 g/mol. The van der Waals surface area contributed by atoms with Crippen molar-refractivity contribution in [3.8, 4) is 6.07 Å². The van der Waals surface area contributed by atoms with Crippen molar-refractivity contribution in [3.05, 3.63) is 29.3 Å². The van der Waals surface area contributed by atoms with Gasteiger partial charge in [-0.15, -0.1) is 0 Å². The van der Waals surface area contributed by atoms with Crippen molar-refractivity contribution < 1.29 is 23.0 Å². The van der Waals surface area contributed by atoms with Gasteiger partial charge >= 0.3 is 6.18 Å². The second-order valence-corrected chi connectivity index (χ2v) is 5.05. The van der Waals surface area contributed by atoms with Crippen molar-refractivity contribution in [3.63, 3.8) is 0 Å². The SMILES string of the molecule is N#Cc1ccc(NC2(CO)CCOCC2)cc1C(F)(F)F. The van der Waals surface area contributed by atoms with Gasteiger partial charge in [-0.05, 0) is 31.0 Å². The number of hydrogen-bond donors (Lipinski definition) is 2. The van der Waals surface area contributed by atoms with Crippen molar-refractivity contribution in [2.45, 2.75) is 24.6 Å². The maximum atomic E-state index is 12.9. The molecule has 1 aromatic rings. The van der Waals surface area contributed by atoms with E-state index in [1.807, 2.05) is 0 Å². The van der Waals surface area contributed by atoms with Gasteiger partial charge in [-0.3, -0.25) is 0 Å². The Hall–Kier alpha value is -1.78. The Morgan fingerprint density at radius 3 is 2.52 bits per heavy atom. The molecule has 0 unspecified atom stereocenters. The molecule has 4 nitrogen and oxygen atoms in total. The van der Waals surface area contributed by atoms with Crippen molar-refractivity contribution >= 4 is 5.69 Å². The Balaban J connectivity index is 2.30. The van der Waals surface area contributed by atoms with Crippen LogP contribution in [0.5, 0.6) is 0 Å². The van der Waals surface area contributed by atoms with E-state index in [-0.39, 0.29) is 12.3 Å². The summed E-state index contributed by atoms with van der Waals surface area (Å²) in [5, 5.41) is 21.3. The molecule has 2 rings (SSSR count). The van der Waals surface area contributed by atoms with E-state index in [4.69, 9.17) is 10.00 Å². The quantitative estimate of drug-likeness (QED) is 0.900. The lowest BCUT2D eigenvalue weighted by atomic mass is 9.90. The molecule has 1 fully saturated rings. The van der Waals surface area contributed by atoms with Gasteiger partial charge < -0.3 is 15.2 Å². The van der Waals surface area contributed by atoms with E-state index in [2.05, 4.69) is 5.32 Å². The summed E-state index contributed by atoms with van der Waals surface area (Å²) in [5.74, 6) is 0. The molecule has 0 aromatic heterocycles. The molecule has 1 aliphatic heterocycles. The number of alkyl halides is 3. The first kappa shape index (κ1) is 15.6. The summed E-state index contributed by atoms with van der Waals surface area (Å²) in [5.41, 5.74) is -1.85. The average Bonchev–Trinajstić information content (AvgIpc) is 2.47. The van der Waals surface area contributed by atoms with Crippen LogP contribution < -0.4 is 5.32 Å². The Kier molecular flexibility index (Phi) is 4.40. The molecule has 0 bridgehead atoms. The van der Waals surface area contributed by atoms with Crippen molar-refractivity contribution in [2.24, 2.45) is 0 Å². The fourth-order valence-electron chi connectivity index (χ4n) is 2.34. The number of nitriles is 1. The molecular weight excluding hydrogens is 285 g/mol. The highest BCUT2D eigenvalue weighted by Gasteiger charge is 2.35. The second-order valence-electron chi connectivity index (χ2n) is 5.05.